The van der Waals surface area contributed by atoms with E-state index in [-0.39, 0.29) is 23.8 Å². The number of aromatic nitrogens is 2. The second-order valence-corrected chi connectivity index (χ2v) is 6.89. The summed E-state index contributed by atoms with van der Waals surface area (Å²) in [5, 5.41) is 0. The highest BCUT2D eigenvalue weighted by molar-refractivity contribution is 5.80. The van der Waals surface area contributed by atoms with Crippen LogP contribution in [0.15, 0.2) is 12.5 Å². The first-order valence-electron chi connectivity index (χ1n) is 8.86. The van der Waals surface area contributed by atoms with Crippen molar-refractivity contribution >= 4 is 12.0 Å². The van der Waals surface area contributed by atoms with Crippen molar-refractivity contribution < 1.29 is 14.3 Å². The molecule has 8 heteroatoms. The van der Waals surface area contributed by atoms with Crippen molar-refractivity contribution in [3.8, 4) is 0 Å². The van der Waals surface area contributed by atoms with Crippen molar-refractivity contribution in [2.75, 3.05) is 52.9 Å². The Morgan fingerprint density at radius 2 is 2.24 bits per heavy atom. The zero-order chi connectivity index (χ0) is 18.0. The van der Waals surface area contributed by atoms with Crippen molar-refractivity contribution in [1.29, 1.82) is 0 Å². The van der Waals surface area contributed by atoms with Gasteiger partial charge in [-0.05, 0) is 6.54 Å². The van der Waals surface area contributed by atoms with Crippen LogP contribution in [0.2, 0.25) is 0 Å². The summed E-state index contributed by atoms with van der Waals surface area (Å²) in [4.78, 5) is 34.7. The van der Waals surface area contributed by atoms with Gasteiger partial charge in [-0.25, -0.2) is 9.78 Å². The Morgan fingerprint density at radius 1 is 1.44 bits per heavy atom. The molecule has 2 aliphatic heterocycles. The van der Waals surface area contributed by atoms with Gasteiger partial charge in [-0.3, -0.25) is 4.79 Å². The van der Waals surface area contributed by atoms with Gasteiger partial charge in [-0.2, -0.15) is 0 Å². The van der Waals surface area contributed by atoms with Crippen molar-refractivity contribution in [1.82, 2.24) is 24.3 Å². The molecular weight excluding hydrogens is 322 g/mol. The number of hydrogen-bond acceptors (Lipinski definition) is 5. The van der Waals surface area contributed by atoms with Crippen molar-refractivity contribution in [3.05, 3.63) is 18.2 Å². The third-order valence-electron chi connectivity index (χ3n) is 5.19. The predicted molar refractivity (Wildman–Crippen MR) is 92.1 cm³/mol. The van der Waals surface area contributed by atoms with Gasteiger partial charge in [-0.15, -0.1) is 0 Å². The lowest BCUT2D eigenvalue weighted by Gasteiger charge is -2.25. The van der Waals surface area contributed by atoms with Crippen molar-refractivity contribution in [2.24, 2.45) is 13.0 Å². The number of carbonyl (C=O) groups is 2. The lowest BCUT2D eigenvalue weighted by molar-refractivity contribution is -0.134. The molecule has 0 aromatic carbocycles. The Balaban J connectivity index is 1.64. The molecule has 2 aliphatic rings. The maximum absolute atomic E-state index is 13.0. The molecule has 2 atom stereocenters. The summed E-state index contributed by atoms with van der Waals surface area (Å²) in [6, 6.07) is 0. The molecule has 0 N–H and O–H groups in total. The Bertz CT molecular complexity index is 632. The SMILES string of the molecule is CCN1C[C@@H](C(=O)N(C)CCN2CCOC2=O)[C@H](c2cn(C)cn2)C1. The highest BCUT2D eigenvalue weighted by Gasteiger charge is 2.40. The zero-order valence-corrected chi connectivity index (χ0v) is 15.2. The molecule has 2 fully saturated rings. The van der Waals surface area contributed by atoms with Gasteiger partial charge in [0.25, 0.3) is 0 Å². The quantitative estimate of drug-likeness (QED) is 0.742. The number of cyclic esters (lactones) is 1. The number of hydrogen-bond donors (Lipinski definition) is 0. The Morgan fingerprint density at radius 3 is 2.84 bits per heavy atom. The first kappa shape index (κ1) is 17.7. The summed E-state index contributed by atoms with van der Waals surface area (Å²) in [6.45, 7) is 6.73. The fraction of sp³-hybridized carbons (Fsp3) is 0.706. The lowest BCUT2D eigenvalue weighted by Crippen LogP contribution is -2.41. The third kappa shape index (κ3) is 3.78. The maximum atomic E-state index is 13.0. The molecule has 0 bridgehead atoms. The molecule has 0 radical (unpaired) electrons. The van der Waals surface area contributed by atoms with Crippen LogP contribution >= 0.6 is 0 Å². The first-order valence-corrected chi connectivity index (χ1v) is 8.86. The normalized spacial score (nSPS) is 24.0. The van der Waals surface area contributed by atoms with Gasteiger partial charge in [0.1, 0.15) is 6.61 Å². The fourth-order valence-electron chi connectivity index (χ4n) is 3.61. The van der Waals surface area contributed by atoms with E-state index in [1.54, 1.807) is 16.1 Å². The minimum Gasteiger partial charge on any atom is -0.448 e. The molecule has 0 saturated carbocycles. The molecular formula is C17H27N5O3. The summed E-state index contributed by atoms with van der Waals surface area (Å²) < 4.78 is 6.85. The number of amides is 2. The molecule has 25 heavy (non-hydrogen) atoms. The standard InChI is InChI=1S/C17H27N5O3/c1-4-21-9-13(15-11-19(2)12-18-15)14(10-21)16(23)20(3)5-6-22-7-8-25-17(22)24/h11-14H,4-10H2,1-3H3/t13-,14-/m1/s1. The summed E-state index contributed by atoms with van der Waals surface area (Å²) in [5.41, 5.74) is 0.980. The minimum atomic E-state index is -0.287. The monoisotopic (exact) mass is 349 g/mol. The van der Waals surface area contributed by atoms with E-state index >= 15 is 0 Å². The van der Waals surface area contributed by atoms with Crippen LogP contribution in [0.5, 0.6) is 0 Å². The molecule has 2 amide bonds. The number of likely N-dealkylation sites (tertiary alicyclic amines) is 1. The number of nitrogens with zero attached hydrogens (tertiary/aromatic N) is 5. The zero-order valence-electron chi connectivity index (χ0n) is 15.2. The first-order chi connectivity index (χ1) is 12.0. The maximum Gasteiger partial charge on any atom is 0.409 e. The second-order valence-electron chi connectivity index (χ2n) is 6.89. The molecule has 1 aromatic rings. The molecule has 0 unspecified atom stereocenters. The van der Waals surface area contributed by atoms with E-state index in [1.165, 1.54) is 0 Å². The molecule has 2 saturated heterocycles. The van der Waals surface area contributed by atoms with Gasteiger partial charge in [0.15, 0.2) is 0 Å². The van der Waals surface area contributed by atoms with Crippen LogP contribution < -0.4 is 0 Å². The van der Waals surface area contributed by atoms with E-state index in [0.29, 0.717) is 26.2 Å². The van der Waals surface area contributed by atoms with Crippen LogP contribution in [-0.2, 0) is 16.6 Å². The van der Waals surface area contributed by atoms with Gasteiger partial charge in [0.05, 0.1) is 24.5 Å². The van der Waals surface area contributed by atoms with Crippen LogP contribution in [0.1, 0.15) is 18.5 Å². The van der Waals surface area contributed by atoms with Crippen LogP contribution in [-0.4, -0.2) is 89.2 Å². The van der Waals surface area contributed by atoms with E-state index in [9.17, 15) is 9.59 Å². The number of aryl methyl sites for hydroxylation is 1. The Kier molecular flexibility index (Phi) is 5.27. The Labute approximate surface area is 148 Å². The van der Waals surface area contributed by atoms with Gasteiger partial charge >= 0.3 is 6.09 Å². The smallest absolute Gasteiger partial charge is 0.409 e. The average molecular weight is 349 g/mol. The van der Waals surface area contributed by atoms with Crippen LogP contribution in [0.25, 0.3) is 0 Å². The predicted octanol–water partition coefficient (Wildman–Crippen LogP) is 0.366. The summed E-state index contributed by atoms with van der Waals surface area (Å²) in [7, 11) is 3.76. The van der Waals surface area contributed by atoms with Crippen LogP contribution in [0, 0.1) is 5.92 Å². The average Bonchev–Trinajstić information content (AvgIpc) is 3.31. The summed E-state index contributed by atoms with van der Waals surface area (Å²) >= 11 is 0. The van der Waals surface area contributed by atoms with E-state index in [4.69, 9.17) is 4.74 Å². The fourth-order valence-corrected chi connectivity index (χ4v) is 3.61. The third-order valence-corrected chi connectivity index (χ3v) is 5.19. The van der Waals surface area contributed by atoms with E-state index < -0.39 is 0 Å². The highest BCUT2D eigenvalue weighted by atomic mass is 16.6. The van der Waals surface area contributed by atoms with Gasteiger partial charge in [0.2, 0.25) is 5.91 Å². The molecule has 0 spiro atoms. The molecule has 0 aliphatic carbocycles. The van der Waals surface area contributed by atoms with Gasteiger partial charge < -0.3 is 24.0 Å². The van der Waals surface area contributed by atoms with E-state index in [0.717, 1.165) is 25.3 Å². The Hall–Kier alpha value is -2.09. The largest absolute Gasteiger partial charge is 0.448 e. The van der Waals surface area contributed by atoms with Crippen molar-refractivity contribution in [2.45, 2.75) is 12.8 Å². The molecule has 3 heterocycles. The van der Waals surface area contributed by atoms with Gasteiger partial charge in [-0.1, -0.05) is 6.92 Å². The molecule has 138 valence electrons. The number of imidazole rings is 1. The van der Waals surface area contributed by atoms with Crippen LogP contribution in [0.3, 0.4) is 0 Å². The topological polar surface area (TPSA) is 70.9 Å². The number of ether oxygens (including phenoxy) is 1. The molecule has 3 rings (SSSR count). The second kappa shape index (κ2) is 7.43. The van der Waals surface area contributed by atoms with E-state index in [2.05, 4.69) is 16.8 Å². The molecule has 1 aromatic heterocycles. The number of rotatable bonds is 6. The van der Waals surface area contributed by atoms with Crippen molar-refractivity contribution in [3.63, 3.8) is 0 Å². The van der Waals surface area contributed by atoms with Crippen LogP contribution in [0.4, 0.5) is 4.79 Å². The summed E-state index contributed by atoms with van der Waals surface area (Å²) in [5.74, 6) is 0.150. The lowest BCUT2D eigenvalue weighted by atomic mass is 9.92. The summed E-state index contributed by atoms with van der Waals surface area (Å²) in [6.07, 6.45) is 3.50. The number of likely N-dealkylation sites (N-methyl/N-ethyl adjacent to an activating group) is 2. The van der Waals surface area contributed by atoms with E-state index in [1.807, 2.05) is 24.9 Å². The minimum absolute atomic E-state index is 0.0922. The van der Waals surface area contributed by atoms with Gasteiger partial charge in [0, 0.05) is 52.4 Å². The number of carbonyl (C=O) groups excluding carboxylic acids is 2. The molecule has 8 nitrogen and oxygen atoms in total. The highest BCUT2D eigenvalue weighted by Crippen LogP contribution is 2.32.